The lowest BCUT2D eigenvalue weighted by Gasteiger charge is -2.41. The lowest BCUT2D eigenvalue weighted by Crippen LogP contribution is -2.47. The lowest BCUT2D eigenvalue weighted by atomic mass is 9.56. The standard InChI is InChI=1S/C21H17N3O7/c1-31-20(26)21(12-22)16(14-6-2-4-8-18(14)23(27)28)10-13(25)11-17(21)15-7-3-5-9-19(15)24(29)30/h2-9,16-17H,10-11H2,1H3/t16-,17+,21?. The molecule has 1 aliphatic carbocycles. The third-order valence-corrected chi connectivity index (χ3v) is 5.69. The Morgan fingerprint density at radius 3 is 1.77 bits per heavy atom. The fourth-order valence-corrected chi connectivity index (χ4v) is 4.37. The molecule has 0 aromatic heterocycles. The number of ether oxygens (including phenoxy) is 1. The molecule has 3 atom stereocenters. The zero-order chi connectivity index (χ0) is 22.8. The quantitative estimate of drug-likeness (QED) is 0.403. The van der Waals surface area contributed by atoms with Crippen LogP contribution in [-0.4, -0.2) is 28.7 Å². The molecule has 0 saturated heterocycles. The molecule has 2 aromatic rings. The average molecular weight is 423 g/mol. The van der Waals surface area contributed by atoms with E-state index in [1.165, 1.54) is 48.5 Å². The van der Waals surface area contributed by atoms with Gasteiger partial charge in [0.15, 0.2) is 5.41 Å². The minimum Gasteiger partial charge on any atom is -0.468 e. The van der Waals surface area contributed by atoms with Crippen molar-refractivity contribution in [2.45, 2.75) is 24.7 Å². The van der Waals surface area contributed by atoms with Crippen LogP contribution >= 0.6 is 0 Å². The number of benzene rings is 2. The van der Waals surface area contributed by atoms with Crippen molar-refractivity contribution in [3.8, 4) is 6.07 Å². The molecule has 0 bridgehead atoms. The third-order valence-electron chi connectivity index (χ3n) is 5.69. The first-order valence-corrected chi connectivity index (χ1v) is 9.25. The van der Waals surface area contributed by atoms with Crippen LogP contribution in [0, 0.1) is 37.0 Å². The van der Waals surface area contributed by atoms with Crippen molar-refractivity contribution >= 4 is 23.1 Å². The van der Waals surface area contributed by atoms with Crippen molar-refractivity contribution < 1.29 is 24.2 Å². The molecule has 1 aliphatic rings. The molecule has 0 N–H and O–H groups in total. The number of nitro benzene ring substituents is 2. The van der Waals surface area contributed by atoms with E-state index in [4.69, 9.17) is 4.74 Å². The normalized spacial score (nSPS) is 22.9. The number of nitro groups is 2. The Labute approximate surface area is 176 Å². The van der Waals surface area contributed by atoms with E-state index in [-0.39, 0.29) is 41.1 Å². The number of methoxy groups -OCH3 is 1. The second-order valence-corrected chi connectivity index (χ2v) is 7.16. The largest absolute Gasteiger partial charge is 0.468 e. The van der Waals surface area contributed by atoms with Gasteiger partial charge >= 0.3 is 5.97 Å². The van der Waals surface area contributed by atoms with E-state index in [1.54, 1.807) is 0 Å². The average Bonchev–Trinajstić information content (AvgIpc) is 2.78. The van der Waals surface area contributed by atoms with Gasteiger partial charge in [0.25, 0.3) is 11.4 Å². The van der Waals surface area contributed by atoms with E-state index in [2.05, 4.69) is 0 Å². The predicted octanol–water partition coefficient (Wildman–Crippen LogP) is 3.42. The second kappa shape index (κ2) is 8.31. The maximum Gasteiger partial charge on any atom is 0.327 e. The van der Waals surface area contributed by atoms with Crippen molar-refractivity contribution in [3.63, 3.8) is 0 Å². The van der Waals surface area contributed by atoms with Gasteiger partial charge in [0.05, 0.1) is 23.0 Å². The van der Waals surface area contributed by atoms with Gasteiger partial charge in [0.2, 0.25) is 0 Å². The Morgan fingerprint density at radius 1 is 1.00 bits per heavy atom. The molecule has 3 rings (SSSR count). The first kappa shape index (κ1) is 21.6. The summed E-state index contributed by atoms with van der Waals surface area (Å²) in [6.45, 7) is 0. The van der Waals surface area contributed by atoms with Gasteiger partial charge in [0.1, 0.15) is 5.78 Å². The summed E-state index contributed by atoms with van der Waals surface area (Å²) < 4.78 is 4.91. The van der Waals surface area contributed by atoms with Crippen molar-refractivity contribution in [1.82, 2.24) is 0 Å². The zero-order valence-electron chi connectivity index (χ0n) is 16.4. The summed E-state index contributed by atoms with van der Waals surface area (Å²) >= 11 is 0. The monoisotopic (exact) mass is 423 g/mol. The molecule has 0 spiro atoms. The van der Waals surface area contributed by atoms with E-state index in [1.807, 2.05) is 6.07 Å². The summed E-state index contributed by atoms with van der Waals surface area (Å²) in [5, 5.41) is 33.5. The molecule has 158 valence electrons. The maximum atomic E-state index is 13.1. The van der Waals surface area contributed by atoms with E-state index in [0.717, 1.165) is 7.11 Å². The fourth-order valence-electron chi connectivity index (χ4n) is 4.37. The summed E-state index contributed by atoms with van der Waals surface area (Å²) in [6.07, 6.45) is -0.630. The van der Waals surface area contributed by atoms with E-state index in [0.29, 0.717) is 0 Å². The van der Waals surface area contributed by atoms with Crippen molar-refractivity contribution in [2.75, 3.05) is 7.11 Å². The number of hydrogen-bond donors (Lipinski definition) is 0. The summed E-state index contributed by atoms with van der Waals surface area (Å²) in [6, 6.07) is 13.0. The van der Waals surface area contributed by atoms with Gasteiger partial charge in [-0.05, 0) is 0 Å². The number of ketones is 1. The first-order chi connectivity index (χ1) is 14.8. The Balaban J connectivity index is 2.35. The number of rotatable bonds is 5. The summed E-state index contributed by atoms with van der Waals surface area (Å²) in [5.41, 5.74) is -2.74. The van der Waals surface area contributed by atoms with Gasteiger partial charge in [-0.25, -0.2) is 0 Å². The minimum absolute atomic E-state index is 0.0242. The SMILES string of the molecule is COC(=O)C1(C#N)[C@@H](c2ccccc2[N+](=O)[O-])CC(=O)C[C@H]1c1ccccc1[N+](=O)[O-]. The predicted molar refractivity (Wildman–Crippen MR) is 106 cm³/mol. The Morgan fingerprint density at radius 2 is 1.42 bits per heavy atom. The minimum atomic E-state index is -2.08. The molecule has 10 heteroatoms. The highest BCUT2D eigenvalue weighted by molar-refractivity contribution is 5.91. The fraction of sp³-hybridized carbons (Fsp3) is 0.286. The topological polar surface area (TPSA) is 153 Å². The van der Waals surface area contributed by atoms with Gasteiger partial charge in [-0.2, -0.15) is 5.26 Å². The number of carbonyl (C=O) groups is 2. The molecule has 0 aliphatic heterocycles. The molecule has 0 amide bonds. The van der Waals surface area contributed by atoms with Crippen LogP contribution in [0.1, 0.15) is 35.8 Å². The highest BCUT2D eigenvalue weighted by Crippen LogP contribution is 2.56. The van der Waals surface area contributed by atoms with Crippen LogP contribution in [0.25, 0.3) is 0 Å². The maximum absolute atomic E-state index is 13.1. The molecule has 1 saturated carbocycles. The molecule has 2 aromatic carbocycles. The van der Waals surface area contributed by atoms with E-state index >= 15 is 0 Å². The van der Waals surface area contributed by atoms with Gasteiger partial charge < -0.3 is 4.74 Å². The number of nitriles is 1. The van der Waals surface area contributed by atoms with Gasteiger partial charge in [0, 0.05) is 47.9 Å². The number of carbonyl (C=O) groups excluding carboxylic acids is 2. The van der Waals surface area contributed by atoms with Crippen molar-refractivity contribution in [3.05, 3.63) is 79.9 Å². The van der Waals surface area contributed by atoms with E-state index in [9.17, 15) is 35.1 Å². The Kier molecular flexibility index (Phi) is 5.79. The Bertz CT molecular complexity index is 1050. The molecule has 0 heterocycles. The third kappa shape index (κ3) is 3.50. The highest BCUT2D eigenvalue weighted by atomic mass is 16.6. The molecule has 1 unspecified atom stereocenters. The van der Waals surface area contributed by atoms with E-state index < -0.39 is 33.1 Å². The van der Waals surface area contributed by atoms with Crippen LogP contribution in [0.4, 0.5) is 11.4 Å². The smallest absolute Gasteiger partial charge is 0.327 e. The summed E-state index contributed by atoms with van der Waals surface area (Å²) in [5.74, 6) is -3.83. The number of para-hydroxylation sites is 2. The van der Waals surface area contributed by atoms with Crippen molar-refractivity contribution in [2.24, 2.45) is 5.41 Å². The van der Waals surface area contributed by atoms with Crippen LogP contribution in [0.5, 0.6) is 0 Å². The van der Waals surface area contributed by atoms with Gasteiger partial charge in [-0.15, -0.1) is 0 Å². The molecule has 31 heavy (non-hydrogen) atoms. The molecule has 1 fully saturated rings. The molecular formula is C21H17N3O7. The second-order valence-electron chi connectivity index (χ2n) is 7.16. The van der Waals surface area contributed by atoms with Crippen LogP contribution < -0.4 is 0 Å². The first-order valence-electron chi connectivity index (χ1n) is 9.25. The zero-order valence-corrected chi connectivity index (χ0v) is 16.4. The van der Waals surface area contributed by atoms with Crippen LogP contribution in [0.15, 0.2) is 48.5 Å². The Hall–Kier alpha value is -4.13. The van der Waals surface area contributed by atoms with Gasteiger partial charge in [-0.3, -0.25) is 29.8 Å². The van der Waals surface area contributed by atoms with Crippen LogP contribution in [0.3, 0.4) is 0 Å². The number of Topliss-reactive ketones (excluding diaryl/α,β-unsaturated/α-hetero) is 1. The number of hydrogen-bond acceptors (Lipinski definition) is 8. The molecule has 10 nitrogen and oxygen atoms in total. The molecular weight excluding hydrogens is 406 g/mol. The molecule has 0 radical (unpaired) electrons. The van der Waals surface area contributed by atoms with Crippen LogP contribution in [-0.2, 0) is 14.3 Å². The number of nitrogens with zero attached hydrogens (tertiary/aromatic N) is 3. The summed E-state index contributed by atoms with van der Waals surface area (Å²) in [7, 11) is 1.06. The van der Waals surface area contributed by atoms with Gasteiger partial charge in [-0.1, -0.05) is 36.4 Å². The lowest BCUT2D eigenvalue weighted by molar-refractivity contribution is -0.386. The van der Waals surface area contributed by atoms with Crippen molar-refractivity contribution in [1.29, 1.82) is 5.26 Å². The number of esters is 1. The summed E-state index contributed by atoms with van der Waals surface area (Å²) in [4.78, 5) is 47.7. The highest BCUT2D eigenvalue weighted by Gasteiger charge is 2.60. The van der Waals surface area contributed by atoms with Crippen LogP contribution in [0.2, 0.25) is 0 Å².